The molecule has 2 aromatic rings. The highest BCUT2D eigenvalue weighted by molar-refractivity contribution is 5.76. The molecular weight excluding hydrogens is 344 g/mol. The van der Waals surface area contributed by atoms with Crippen LogP contribution in [-0.4, -0.2) is 54.0 Å². The Kier molecular flexibility index (Phi) is 4.91. The lowest BCUT2D eigenvalue weighted by Gasteiger charge is -2.35. The Labute approximate surface area is 158 Å². The summed E-state index contributed by atoms with van der Waals surface area (Å²) in [6.07, 6.45) is 3.05. The van der Waals surface area contributed by atoms with E-state index in [1.54, 1.807) is 6.08 Å². The summed E-state index contributed by atoms with van der Waals surface area (Å²) in [6.45, 7) is 6.87. The maximum atomic E-state index is 12.1. The van der Waals surface area contributed by atoms with Gasteiger partial charge < -0.3 is 19.3 Å². The molecule has 1 amide bonds. The van der Waals surface area contributed by atoms with E-state index < -0.39 is 0 Å². The molecule has 1 fully saturated rings. The predicted octanol–water partition coefficient (Wildman–Crippen LogP) is 2.49. The minimum atomic E-state index is 0.193. The van der Waals surface area contributed by atoms with E-state index in [9.17, 15) is 4.79 Å². The van der Waals surface area contributed by atoms with Crippen molar-refractivity contribution in [3.63, 3.8) is 0 Å². The van der Waals surface area contributed by atoms with Gasteiger partial charge in [-0.2, -0.15) is 0 Å². The second kappa shape index (κ2) is 7.65. The molecule has 27 heavy (non-hydrogen) atoms. The fourth-order valence-corrected chi connectivity index (χ4v) is 3.27. The first-order valence-corrected chi connectivity index (χ1v) is 9.12. The quantitative estimate of drug-likeness (QED) is 0.758. The van der Waals surface area contributed by atoms with Crippen molar-refractivity contribution in [1.82, 2.24) is 15.1 Å². The van der Waals surface area contributed by atoms with E-state index in [0.29, 0.717) is 19.5 Å². The van der Waals surface area contributed by atoms with Gasteiger partial charge in [0.15, 0.2) is 17.3 Å². The van der Waals surface area contributed by atoms with E-state index in [0.717, 1.165) is 48.1 Å². The van der Waals surface area contributed by atoms with Crippen molar-refractivity contribution >= 4 is 11.7 Å². The van der Waals surface area contributed by atoms with E-state index in [1.165, 1.54) is 0 Å². The van der Waals surface area contributed by atoms with Crippen molar-refractivity contribution < 1.29 is 14.3 Å². The SMILES string of the molecule is C=CCCC(=O)N1CCN(c2ccc(-c3ccc4c(c3)OCO4)nn2)CC1. The zero-order chi connectivity index (χ0) is 18.6. The van der Waals surface area contributed by atoms with Gasteiger partial charge in [0, 0.05) is 38.2 Å². The van der Waals surface area contributed by atoms with Crippen LogP contribution in [0.3, 0.4) is 0 Å². The topological polar surface area (TPSA) is 67.8 Å². The van der Waals surface area contributed by atoms with Crippen LogP contribution in [0.5, 0.6) is 11.5 Å². The van der Waals surface area contributed by atoms with Crippen LogP contribution < -0.4 is 14.4 Å². The molecule has 0 bridgehead atoms. The fraction of sp³-hybridized carbons (Fsp3) is 0.350. The number of fused-ring (bicyclic) bond motifs is 1. The van der Waals surface area contributed by atoms with Gasteiger partial charge in [0.1, 0.15) is 0 Å². The van der Waals surface area contributed by atoms with Crippen LogP contribution in [0.25, 0.3) is 11.3 Å². The summed E-state index contributed by atoms with van der Waals surface area (Å²) in [7, 11) is 0. The number of piperazine rings is 1. The summed E-state index contributed by atoms with van der Waals surface area (Å²) in [5.41, 5.74) is 1.73. The minimum Gasteiger partial charge on any atom is -0.454 e. The summed E-state index contributed by atoms with van der Waals surface area (Å²) in [5.74, 6) is 2.51. The standard InChI is InChI=1S/C20H22N4O3/c1-2-3-4-20(25)24-11-9-23(10-12-24)19-8-6-16(21-22-19)15-5-7-17-18(13-15)27-14-26-17/h2,5-8,13H,1,3-4,9-12,14H2. The third-order valence-corrected chi connectivity index (χ3v) is 4.84. The number of rotatable bonds is 5. The van der Waals surface area contributed by atoms with E-state index in [1.807, 2.05) is 35.2 Å². The lowest BCUT2D eigenvalue weighted by atomic mass is 10.1. The zero-order valence-electron chi connectivity index (χ0n) is 15.1. The average Bonchev–Trinajstić information content (AvgIpc) is 3.20. The molecule has 0 spiro atoms. The number of hydrogen-bond donors (Lipinski definition) is 0. The minimum absolute atomic E-state index is 0.193. The Morgan fingerprint density at radius 3 is 2.63 bits per heavy atom. The van der Waals surface area contributed by atoms with Crippen LogP contribution in [0.15, 0.2) is 43.0 Å². The average molecular weight is 366 g/mol. The number of anilines is 1. The molecule has 1 saturated heterocycles. The van der Waals surface area contributed by atoms with Gasteiger partial charge in [0.05, 0.1) is 5.69 Å². The number of benzene rings is 1. The van der Waals surface area contributed by atoms with Gasteiger partial charge in [-0.1, -0.05) is 6.08 Å². The van der Waals surface area contributed by atoms with Crippen molar-refractivity contribution in [3.05, 3.63) is 43.0 Å². The fourth-order valence-electron chi connectivity index (χ4n) is 3.27. The Balaban J connectivity index is 1.38. The molecule has 0 aliphatic carbocycles. The molecule has 0 atom stereocenters. The van der Waals surface area contributed by atoms with Gasteiger partial charge in [-0.3, -0.25) is 4.79 Å². The molecule has 2 aliphatic heterocycles. The third kappa shape index (κ3) is 3.72. The van der Waals surface area contributed by atoms with Gasteiger partial charge in [0.25, 0.3) is 0 Å². The van der Waals surface area contributed by atoms with Gasteiger partial charge in [-0.15, -0.1) is 16.8 Å². The first-order chi connectivity index (χ1) is 13.2. The molecule has 7 heteroatoms. The number of carbonyl (C=O) groups excluding carboxylic acids is 1. The van der Waals surface area contributed by atoms with E-state index in [-0.39, 0.29) is 12.7 Å². The molecule has 0 unspecified atom stereocenters. The van der Waals surface area contributed by atoms with E-state index in [4.69, 9.17) is 9.47 Å². The second-order valence-corrected chi connectivity index (χ2v) is 6.54. The molecule has 2 aliphatic rings. The Bertz CT molecular complexity index is 830. The van der Waals surface area contributed by atoms with Crippen LogP contribution >= 0.6 is 0 Å². The maximum absolute atomic E-state index is 12.1. The maximum Gasteiger partial charge on any atom is 0.231 e. The van der Waals surface area contributed by atoms with Crippen LogP contribution in [0.2, 0.25) is 0 Å². The lowest BCUT2D eigenvalue weighted by Crippen LogP contribution is -2.49. The van der Waals surface area contributed by atoms with Gasteiger partial charge >= 0.3 is 0 Å². The highest BCUT2D eigenvalue weighted by Gasteiger charge is 2.22. The molecule has 4 rings (SSSR count). The second-order valence-electron chi connectivity index (χ2n) is 6.54. The van der Waals surface area contributed by atoms with Crippen molar-refractivity contribution in [2.45, 2.75) is 12.8 Å². The van der Waals surface area contributed by atoms with E-state index >= 15 is 0 Å². The molecule has 0 N–H and O–H groups in total. The zero-order valence-corrected chi connectivity index (χ0v) is 15.1. The molecule has 1 aromatic heterocycles. The first-order valence-electron chi connectivity index (χ1n) is 9.12. The number of amides is 1. The third-order valence-electron chi connectivity index (χ3n) is 4.84. The summed E-state index contributed by atoms with van der Waals surface area (Å²) >= 11 is 0. The van der Waals surface area contributed by atoms with Crippen LogP contribution in [-0.2, 0) is 4.79 Å². The Hall–Kier alpha value is -3.09. The van der Waals surface area contributed by atoms with Crippen LogP contribution in [0.1, 0.15) is 12.8 Å². The number of hydrogen-bond acceptors (Lipinski definition) is 6. The van der Waals surface area contributed by atoms with Gasteiger partial charge in [-0.05, 0) is 36.8 Å². The van der Waals surface area contributed by atoms with Crippen molar-refractivity contribution in [3.8, 4) is 22.8 Å². The lowest BCUT2D eigenvalue weighted by molar-refractivity contribution is -0.131. The number of carbonyl (C=O) groups is 1. The first kappa shape index (κ1) is 17.3. The highest BCUT2D eigenvalue weighted by Crippen LogP contribution is 2.35. The number of aromatic nitrogens is 2. The molecule has 0 saturated carbocycles. The number of allylic oxidation sites excluding steroid dienone is 1. The monoisotopic (exact) mass is 366 g/mol. The van der Waals surface area contributed by atoms with Gasteiger partial charge in [-0.25, -0.2) is 0 Å². The smallest absolute Gasteiger partial charge is 0.231 e. The number of nitrogens with zero attached hydrogens (tertiary/aromatic N) is 4. The molecule has 1 aromatic carbocycles. The van der Waals surface area contributed by atoms with Crippen molar-refractivity contribution in [2.24, 2.45) is 0 Å². The van der Waals surface area contributed by atoms with Crippen LogP contribution in [0.4, 0.5) is 5.82 Å². The Morgan fingerprint density at radius 2 is 1.89 bits per heavy atom. The molecule has 3 heterocycles. The highest BCUT2D eigenvalue weighted by atomic mass is 16.7. The molecule has 140 valence electrons. The van der Waals surface area contributed by atoms with Crippen molar-refractivity contribution in [1.29, 1.82) is 0 Å². The summed E-state index contributed by atoms with van der Waals surface area (Å²) in [6, 6.07) is 9.68. The summed E-state index contributed by atoms with van der Waals surface area (Å²) in [5, 5.41) is 8.74. The largest absolute Gasteiger partial charge is 0.454 e. The Morgan fingerprint density at radius 1 is 1.07 bits per heavy atom. The predicted molar refractivity (Wildman–Crippen MR) is 102 cm³/mol. The normalized spacial score (nSPS) is 15.7. The number of ether oxygens (including phenoxy) is 2. The molecule has 0 radical (unpaired) electrons. The van der Waals surface area contributed by atoms with Crippen LogP contribution in [0, 0.1) is 0 Å². The molecular formula is C20H22N4O3. The summed E-state index contributed by atoms with van der Waals surface area (Å²) < 4.78 is 10.8. The summed E-state index contributed by atoms with van der Waals surface area (Å²) in [4.78, 5) is 16.2. The van der Waals surface area contributed by atoms with Crippen molar-refractivity contribution in [2.75, 3.05) is 37.9 Å². The van der Waals surface area contributed by atoms with Gasteiger partial charge in [0.2, 0.25) is 12.7 Å². The van der Waals surface area contributed by atoms with E-state index in [2.05, 4.69) is 21.7 Å². The molecule has 7 nitrogen and oxygen atoms in total.